The molecule has 0 spiro atoms. The number of hydrogen-bond donors (Lipinski definition) is 1. The highest BCUT2D eigenvalue weighted by Gasteiger charge is 2.34. The van der Waals surface area contributed by atoms with Gasteiger partial charge < -0.3 is 5.32 Å². The predicted molar refractivity (Wildman–Crippen MR) is 124 cm³/mol. The Bertz CT molecular complexity index is 1060. The third-order valence-corrected chi connectivity index (χ3v) is 6.01. The molecule has 0 bridgehead atoms. The van der Waals surface area contributed by atoms with Gasteiger partial charge in [-0.05, 0) is 54.8 Å². The zero-order valence-corrected chi connectivity index (χ0v) is 19.1. The number of nitrogens with zero attached hydrogens (tertiary/aromatic N) is 1. The maximum absolute atomic E-state index is 13.2. The van der Waals surface area contributed by atoms with Crippen molar-refractivity contribution in [2.45, 2.75) is 23.7 Å². The number of nitrogens with one attached hydrogen (secondary N) is 1. The second kappa shape index (κ2) is 10.4. The lowest BCUT2D eigenvalue weighted by Crippen LogP contribution is -2.34. The standard InChI is InChI=1S/C24H22ClF3N2OS/c1-30(15-16-8-11-19(32-2)12-9-16)22(17-6-4-3-5-7-17)23(31)29-18-10-13-21(25)20(14-18)24(26,27)28/h3-14,22H,15H2,1-2H3,(H,29,31)/t22-/m0/s1. The molecule has 8 heteroatoms. The maximum atomic E-state index is 13.2. The summed E-state index contributed by atoms with van der Waals surface area (Å²) < 4.78 is 39.6. The van der Waals surface area contributed by atoms with Crippen LogP contribution in [0.15, 0.2) is 77.7 Å². The van der Waals surface area contributed by atoms with Crippen LogP contribution in [0.2, 0.25) is 5.02 Å². The minimum atomic E-state index is -4.61. The Kier molecular flexibility index (Phi) is 7.87. The second-order valence-electron chi connectivity index (χ2n) is 7.26. The first-order valence-corrected chi connectivity index (χ1v) is 11.3. The first kappa shape index (κ1) is 24.2. The number of carbonyl (C=O) groups excluding carboxylic acids is 1. The fourth-order valence-corrected chi connectivity index (χ4v) is 4.02. The molecule has 0 unspecified atom stereocenters. The highest BCUT2D eigenvalue weighted by Crippen LogP contribution is 2.36. The van der Waals surface area contributed by atoms with E-state index in [-0.39, 0.29) is 5.69 Å². The SMILES string of the molecule is CSc1ccc(CN(C)[C@H](C(=O)Nc2ccc(Cl)c(C(F)(F)F)c2)c2ccccc2)cc1. The third-order valence-electron chi connectivity index (χ3n) is 4.93. The van der Waals surface area contributed by atoms with E-state index in [1.54, 1.807) is 11.8 Å². The number of halogens is 4. The Balaban J connectivity index is 1.86. The van der Waals surface area contributed by atoms with E-state index in [0.717, 1.165) is 28.2 Å². The van der Waals surface area contributed by atoms with Gasteiger partial charge in [-0.25, -0.2) is 0 Å². The summed E-state index contributed by atoms with van der Waals surface area (Å²) in [5, 5.41) is 2.21. The molecule has 1 atom stereocenters. The summed E-state index contributed by atoms with van der Waals surface area (Å²) in [5.41, 5.74) is 0.795. The lowest BCUT2D eigenvalue weighted by molar-refractivity contribution is -0.137. The Morgan fingerprint density at radius 2 is 1.72 bits per heavy atom. The number of rotatable bonds is 7. The number of anilines is 1. The van der Waals surface area contributed by atoms with E-state index in [1.165, 1.54) is 6.07 Å². The maximum Gasteiger partial charge on any atom is 0.417 e. The van der Waals surface area contributed by atoms with Crippen molar-refractivity contribution >= 4 is 35.0 Å². The molecule has 168 valence electrons. The van der Waals surface area contributed by atoms with Gasteiger partial charge >= 0.3 is 6.18 Å². The van der Waals surface area contributed by atoms with E-state index in [1.807, 2.05) is 72.8 Å². The number of alkyl halides is 3. The molecule has 0 radical (unpaired) electrons. The van der Waals surface area contributed by atoms with Crippen molar-refractivity contribution in [2.24, 2.45) is 0 Å². The molecule has 0 fully saturated rings. The molecule has 0 heterocycles. The molecule has 0 aromatic heterocycles. The summed E-state index contributed by atoms with van der Waals surface area (Å²) >= 11 is 7.34. The lowest BCUT2D eigenvalue weighted by Gasteiger charge is -2.28. The topological polar surface area (TPSA) is 32.3 Å². The van der Waals surface area contributed by atoms with Gasteiger partial charge in [-0.1, -0.05) is 54.1 Å². The fourth-order valence-electron chi connectivity index (χ4n) is 3.38. The second-order valence-corrected chi connectivity index (χ2v) is 8.54. The number of benzene rings is 3. The van der Waals surface area contributed by atoms with Crippen LogP contribution >= 0.6 is 23.4 Å². The molecule has 3 aromatic carbocycles. The Hall–Kier alpha value is -2.48. The highest BCUT2D eigenvalue weighted by atomic mass is 35.5. The zero-order chi connectivity index (χ0) is 23.3. The summed E-state index contributed by atoms with van der Waals surface area (Å²) in [5.74, 6) is -0.435. The Morgan fingerprint density at radius 3 is 2.31 bits per heavy atom. The van der Waals surface area contributed by atoms with Crippen LogP contribution in [-0.4, -0.2) is 24.1 Å². The van der Waals surface area contributed by atoms with Gasteiger partial charge in [0, 0.05) is 17.1 Å². The molecule has 3 nitrogen and oxygen atoms in total. The van der Waals surface area contributed by atoms with Gasteiger partial charge in [-0.3, -0.25) is 9.69 Å². The van der Waals surface area contributed by atoms with Gasteiger partial charge in [0.25, 0.3) is 0 Å². The van der Waals surface area contributed by atoms with Crippen molar-refractivity contribution in [3.63, 3.8) is 0 Å². The molecule has 1 N–H and O–H groups in total. The third kappa shape index (κ3) is 6.06. The van der Waals surface area contributed by atoms with Gasteiger partial charge in [-0.2, -0.15) is 13.2 Å². The molecule has 3 aromatic rings. The van der Waals surface area contributed by atoms with E-state index >= 15 is 0 Å². The van der Waals surface area contributed by atoms with E-state index in [9.17, 15) is 18.0 Å². The van der Waals surface area contributed by atoms with Crippen LogP contribution in [-0.2, 0) is 17.5 Å². The smallest absolute Gasteiger partial charge is 0.324 e. The van der Waals surface area contributed by atoms with Crippen LogP contribution in [0.5, 0.6) is 0 Å². The minimum Gasteiger partial charge on any atom is -0.324 e. The summed E-state index contributed by atoms with van der Waals surface area (Å²) in [7, 11) is 1.81. The number of likely N-dealkylation sites (N-methyl/N-ethyl adjacent to an activating group) is 1. The molecule has 0 aliphatic heterocycles. The largest absolute Gasteiger partial charge is 0.417 e. The molecule has 32 heavy (non-hydrogen) atoms. The molecular weight excluding hydrogens is 457 g/mol. The minimum absolute atomic E-state index is 0.0328. The molecular formula is C24H22ClF3N2OS. The van der Waals surface area contributed by atoms with E-state index in [2.05, 4.69) is 5.32 Å². The monoisotopic (exact) mass is 478 g/mol. The first-order valence-electron chi connectivity index (χ1n) is 9.75. The normalized spacial score (nSPS) is 12.6. The Morgan fingerprint density at radius 1 is 1.06 bits per heavy atom. The molecule has 0 aliphatic carbocycles. The highest BCUT2D eigenvalue weighted by molar-refractivity contribution is 7.98. The fraction of sp³-hybridized carbons (Fsp3) is 0.208. The van der Waals surface area contributed by atoms with Gasteiger partial charge in [0.15, 0.2) is 0 Å². The summed E-state index contributed by atoms with van der Waals surface area (Å²) in [6, 6.07) is 19.8. The van der Waals surface area contributed by atoms with Gasteiger partial charge in [0.2, 0.25) is 5.91 Å². The quantitative estimate of drug-likeness (QED) is 0.375. The average molecular weight is 479 g/mol. The van der Waals surface area contributed by atoms with Crippen molar-refractivity contribution in [3.8, 4) is 0 Å². The first-order chi connectivity index (χ1) is 15.2. The summed E-state index contributed by atoms with van der Waals surface area (Å²) in [6.07, 6.45) is -2.62. The predicted octanol–water partition coefficient (Wildman–Crippen LogP) is 6.89. The number of amides is 1. The van der Waals surface area contributed by atoms with Crippen LogP contribution in [0, 0.1) is 0 Å². The van der Waals surface area contributed by atoms with Gasteiger partial charge in [0.1, 0.15) is 6.04 Å². The summed E-state index contributed by atoms with van der Waals surface area (Å²) in [6.45, 7) is 0.482. The zero-order valence-electron chi connectivity index (χ0n) is 17.5. The molecule has 3 rings (SSSR count). The number of thioether (sulfide) groups is 1. The van der Waals surface area contributed by atoms with Crippen LogP contribution in [0.25, 0.3) is 0 Å². The molecule has 0 saturated heterocycles. The van der Waals surface area contributed by atoms with E-state index < -0.39 is 28.7 Å². The van der Waals surface area contributed by atoms with Crippen LogP contribution < -0.4 is 5.32 Å². The van der Waals surface area contributed by atoms with Crippen molar-refractivity contribution < 1.29 is 18.0 Å². The van der Waals surface area contributed by atoms with E-state index in [0.29, 0.717) is 6.54 Å². The van der Waals surface area contributed by atoms with Crippen LogP contribution in [0.4, 0.5) is 18.9 Å². The Labute approximate surface area is 194 Å². The van der Waals surface area contributed by atoms with Crippen molar-refractivity contribution in [2.75, 3.05) is 18.6 Å². The van der Waals surface area contributed by atoms with Gasteiger partial charge in [0.05, 0.1) is 10.6 Å². The van der Waals surface area contributed by atoms with E-state index in [4.69, 9.17) is 11.6 Å². The summed E-state index contributed by atoms with van der Waals surface area (Å²) in [4.78, 5) is 16.2. The molecule has 1 amide bonds. The average Bonchev–Trinajstić information content (AvgIpc) is 2.76. The van der Waals surface area contributed by atoms with Crippen molar-refractivity contribution in [1.29, 1.82) is 0 Å². The lowest BCUT2D eigenvalue weighted by atomic mass is 10.0. The molecule has 0 saturated carbocycles. The van der Waals surface area contributed by atoms with Crippen LogP contribution in [0.1, 0.15) is 22.7 Å². The number of hydrogen-bond acceptors (Lipinski definition) is 3. The van der Waals surface area contributed by atoms with Crippen LogP contribution in [0.3, 0.4) is 0 Å². The number of carbonyl (C=O) groups is 1. The van der Waals surface area contributed by atoms with Crippen molar-refractivity contribution in [1.82, 2.24) is 4.90 Å². The van der Waals surface area contributed by atoms with Gasteiger partial charge in [-0.15, -0.1) is 11.8 Å². The molecule has 0 aliphatic rings. The van der Waals surface area contributed by atoms with Crippen molar-refractivity contribution in [3.05, 3.63) is 94.5 Å².